The number of benzene rings is 1. The first kappa shape index (κ1) is 23.1. The van der Waals surface area contributed by atoms with Crippen molar-refractivity contribution in [1.82, 2.24) is 20.0 Å². The highest BCUT2D eigenvalue weighted by molar-refractivity contribution is 7.20. The van der Waals surface area contributed by atoms with Crippen LogP contribution in [0.3, 0.4) is 0 Å². The fraction of sp³-hybridized carbons (Fsp3) is 0.583. The molecule has 7 nitrogen and oxygen atoms in total. The highest BCUT2D eigenvalue weighted by atomic mass is 35.5. The van der Waals surface area contributed by atoms with Gasteiger partial charge in [-0.1, -0.05) is 17.7 Å². The van der Waals surface area contributed by atoms with Crippen molar-refractivity contribution in [2.75, 3.05) is 53.4 Å². The number of hydrogen-bond acceptors (Lipinski definition) is 6. The second-order valence-electron chi connectivity index (χ2n) is 9.01. The van der Waals surface area contributed by atoms with Gasteiger partial charge in [-0.05, 0) is 63.5 Å². The summed E-state index contributed by atoms with van der Waals surface area (Å²) in [6.45, 7) is 6.90. The van der Waals surface area contributed by atoms with Gasteiger partial charge in [-0.3, -0.25) is 14.5 Å². The Morgan fingerprint density at radius 2 is 1.91 bits per heavy atom. The highest BCUT2D eigenvalue weighted by Gasteiger charge is 2.34. The third kappa shape index (κ3) is 5.69. The van der Waals surface area contributed by atoms with Crippen molar-refractivity contribution in [3.63, 3.8) is 0 Å². The van der Waals surface area contributed by atoms with E-state index in [-0.39, 0.29) is 18.9 Å². The Morgan fingerprint density at radius 3 is 2.61 bits per heavy atom. The molecule has 2 fully saturated rings. The number of rotatable bonds is 6. The van der Waals surface area contributed by atoms with Gasteiger partial charge in [0.15, 0.2) is 0 Å². The fourth-order valence-corrected chi connectivity index (χ4v) is 5.91. The molecule has 3 heterocycles. The van der Waals surface area contributed by atoms with Crippen LogP contribution >= 0.6 is 22.9 Å². The molecule has 1 N–H and O–H groups in total. The molecule has 0 spiro atoms. The second-order valence-corrected chi connectivity index (χ2v) is 10.5. The summed E-state index contributed by atoms with van der Waals surface area (Å²) in [5.74, 6) is -0.470. The molecule has 2 aromatic rings. The summed E-state index contributed by atoms with van der Waals surface area (Å²) in [5.41, 5.74) is 0. The number of piperazine rings is 1. The quantitative estimate of drug-likeness (QED) is 0.670. The van der Waals surface area contributed by atoms with Crippen molar-refractivity contribution >= 4 is 44.8 Å². The molecule has 0 saturated carbocycles. The molecular formula is C24H33ClN4O3S. The molecule has 180 valence electrons. The van der Waals surface area contributed by atoms with Gasteiger partial charge in [-0.2, -0.15) is 0 Å². The number of amides is 2. The summed E-state index contributed by atoms with van der Waals surface area (Å²) in [6, 6.07) is 7.04. The van der Waals surface area contributed by atoms with Crippen LogP contribution in [0.25, 0.3) is 10.1 Å². The molecule has 0 unspecified atom stereocenters. The lowest BCUT2D eigenvalue weighted by Gasteiger charge is -2.43. The van der Waals surface area contributed by atoms with Gasteiger partial charge in [0.1, 0.15) is 6.04 Å². The van der Waals surface area contributed by atoms with E-state index >= 15 is 0 Å². The summed E-state index contributed by atoms with van der Waals surface area (Å²) in [5, 5.41) is 4.44. The second kappa shape index (κ2) is 10.7. The summed E-state index contributed by atoms with van der Waals surface area (Å²) < 4.78 is 13.8. The van der Waals surface area contributed by atoms with Crippen LogP contribution in [0.4, 0.5) is 0 Å². The van der Waals surface area contributed by atoms with Crippen LogP contribution in [0.1, 0.15) is 30.8 Å². The zero-order chi connectivity index (χ0) is 24.2. The first-order valence-electron chi connectivity index (χ1n) is 12.2. The minimum absolute atomic E-state index is 0.151. The predicted molar refractivity (Wildman–Crippen MR) is 133 cm³/mol. The van der Waals surface area contributed by atoms with Crippen molar-refractivity contribution < 1.29 is 15.7 Å². The van der Waals surface area contributed by atoms with E-state index in [0.717, 1.165) is 49.1 Å². The van der Waals surface area contributed by atoms with Crippen LogP contribution in [0.5, 0.6) is 0 Å². The Labute approximate surface area is 206 Å². The molecule has 33 heavy (non-hydrogen) atoms. The number of thiophene rings is 1. The van der Waals surface area contributed by atoms with Crippen LogP contribution in [0.2, 0.25) is 5.02 Å². The number of ether oxygens (including phenoxy) is 1. The first-order chi connectivity index (χ1) is 16.4. The van der Waals surface area contributed by atoms with Crippen LogP contribution in [0, 0.1) is 0 Å². The lowest BCUT2D eigenvalue weighted by atomic mass is 10.0. The van der Waals surface area contributed by atoms with E-state index in [9.17, 15) is 9.59 Å². The Hall–Kier alpha value is -1.71. The molecule has 0 bridgehead atoms. The number of carbonyl (C=O) groups is 2. The molecule has 4 rings (SSSR count). The van der Waals surface area contributed by atoms with E-state index in [4.69, 9.17) is 17.7 Å². The third-order valence-corrected chi connectivity index (χ3v) is 8.15. The number of piperidine rings is 1. The van der Waals surface area contributed by atoms with E-state index in [2.05, 4.69) is 22.2 Å². The first-order valence-corrected chi connectivity index (χ1v) is 12.7. The summed E-state index contributed by atoms with van der Waals surface area (Å²) in [7, 11) is 1.89. The highest BCUT2D eigenvalue weighted by Crippen LogP contribution is 2.28. The van der Waals surface area contributed by atoms with Crippen LogP contribution in [-0.2, 0) is 9.53 Å². The average Bonchev–Trinajstić information content (AvgIpc) is 3.26. The van der Waals surface area contributed by atoms with Gasteiger partial charge < -0.3 is 19.9 Å². The molecule has 0 radical (unpaired) electrons. The lowest BCUT2D eigenvalue weighted by Crippen LogP contribution is -2.59. The molecule has 9 heteroatoms. The molecule has 2 amide bonds. The molecule has 2 aliphatic heterocycles. The smallest absolute Gasteiger partial charge is 0.262 e. The van der Waals surface area contributed by atoms with E-state index in [1.165, 1.54) is 11.3 Å². The van der Waals surface area contributed by atoms with Gasteiger partial charge in [-0.15, -0.1) is 11.3 Å². The van der Waals surface area contributed by atoms with Gasteiger partial charge in [0.2, 0.25) is 5.91 Å². The average molecular weight is 494 g/mol. The van der Waals surface area contributed by atoms with Gasteiger partial charge in [-0.25, -0.2) is 0 Å². The van der Waals surface area contributed by atoms with Crippen molar-refractivity contribution in [1.29, 1.82) is 0 Å². The minimum atomic E-state index is -0.846. The van der Waals surface area contributed by atoms with E-state index < -0.39 is 12.1 Å². The van der Waals surface area contributed by atoms with Crippen molar-refractivity contribution in [2.24, 2.45) is 0 Å². The number of likely N-dealkylation sites (tertiary alicyclic amines) is 1. The maximum atomic E-state index is 13.5. The predicted octanol–water partition coefficient (Wildman–Crippen LogP) is 2.93. The molecule has 2 saturated heterocycles. The molecule has 2 atom stereocenters. The van der Waals surface area contributed by atoms with Crippen LogP contribution < -0.4 is 5.32 Å². The Balaban J connectivity index is 1.41. The molecule has 0 aliphatic carbocycles. The maximum Gasteiger partial charge on any atom is 0.262 e. The normalized spacial score (nSPS) is 21.1. The van der Waals surface area contributed by atoms with Gasteiger partial charge in [0, 0.05) is 49.0 Å². The van der Waals surface area contributed by atoms with Crippen molar-refractivity contribution in [2.45, 2.75) is 38.0 Å². The number of fused-ring (bicyclic) bond motifs is 1. The fourth-order valence-electron chi connectivity index (χ4n) is 4.67. The largest absolute Gasteiger partial charge is 0.379 e. The molecular weight excluding hydrogens is 460 g/mol. The Morgan fingerprint density at radius 1 is 1.18 bits per heavy atom. The zero-order valence-electron chi connectivity index (χ0n) is 20.3. The number of carbonyl (C=O) groups excluding carboxylic acids is 2. The molecule has 2 aliphatic rings. The standard InChI is InChI=1S/C24H33ClN4O3S/c1-16(32-3)22(26-23(30)21-14-17-4-5-18(25)15-20(17)33-21)24(31)29-12-10-28(11-13-29)19-6-8-27(2)9-7-19/h4-5,14-16,19,22H,6-13H2,1-3H3,(H,26,30)/t16-,22-/m0/s1/i3D. The maximum absolute atomic E-state index is 13.5. The van der Waals surface area contributed by atoms with E-state index in [1.54, 1.807) is 13.0 Å². The molecule has 1 aromatic carbocycles. The van der Waals surface area contributed by atoms with E-state index in [0.29, 0.717) is 29.0 Å². The summed E-state index contributed by atoms with van der Waals surface area (Å²) in [4.78, 5) is 33.7. The van der Waals surface area contributed by atoms with E-state index in [1.807, 2.05) is 23.1 Å². The van der Waals surface area contributed by atoms with Gasteiger partial charge >= 0.3 is 0 Å². The van der Waals surface area contributed by atoms with Crippen LogP contribution in [-0.4, -0.2) is 98.1 Å². The number of nitrogens with zero attached hydrogens (tertiary/aromatic N) is 3. The topological polar surface area (TPSA) is 65.1 Å². The number of nitrogens with one attached hydrogen (secondary N) is 1. The summed E-state index contributed by atoms with van der Waals surface area (Å²) >= 11 is 7.42. The third-order valence-electron chi connectivity index (χ3n) is 6.82. The Bertz CT molecular complexity index is 1010. The zero-order valence-corrected chi connectivity index (χ0v) is 20.8. The number of hydrogen-bond donors (Lipinski definition) is 1. The van der Waals surface area contributed by atoms with Crippen LogP contribution in [0.15, 0.2) is 24.3 Å². The number of methoxy groups -OCH3 is 1. The molecule has 1 aromatic heterocycles. The number of halogens is 1. The Kier molecular flexibility index (Phi) is 7.47. The monoisotopic (exact) mass is 493 g/mol. The SMILES string of the molecule is [2H]CO[C@@H](C)[C@H](NC(=O)c1cc2ccc(Cl)cc2s1)C(=O)N1CCN(C2CCN(C)CC2)CC1. The lowest BCUT2D eigenvalue weighted by molar-refractivity contribution is -0.138. The summed E-state index contributed by atoms with van der Waals surface area (Å²) in [6.07, 6.45) is 1.72. The van der Waals surface area contributed by atoms with Gasteiger partial charge in [0.25, 0.3) is 5.91 Å². The minimum Gasteiger partial charge on any atom is -0.379 e. The van der Waals surface area contributed by atoms with Crippen molar-refractivity contribution in [3.8, 4) is 0 Å². The van der Waals surface area contributed by atoms with Gasteiger partial charge in [0.05, 0.1) is 12.4 Å². The van der Waals surface area contributed by atoms with Crippen molar-refractivity contribution in [3.05, 3.63) is 34.2 Å².